The number of phosphoric acid groups is 1. The fourth-order valence-corrected chi connectivity index (χ4v) is 6.44. The van der Waals surface area contributed by atoms with Crippen LogP contribution in [0.3, 0.4) is 0 Å². The highest BCUT2D eigenvalue weighted by Gasteiger charge is 2.27. The van der Waals surface area contributed by atoms with Gasteiger partial charge in [0.1, 0.15) is 12.7 Å². The molecule has 0 aliphatic rings. The SMILES string of the molecule is CCCCCCC=CCC=CCC=CCC=CCCC(=O)OC(COC(=O)CCCCCCCCCCCCCCCCC)COP(=O)(O)OCC(O)CO. The maximum absolute atomic E-state index is 12.6. The van der Waals surface area contributed by atoms with Crippen molar-refractivity contribution in [2.45, 2.75) is 193 Å². The summed E-state index contributed by atoms with van der Waals surface area (Å²) in [6, 6.07) is 0. The molecule has 0 radical (unpaired) electrons. The van der Waals surface area contributed by atoms with Crippen molar-refractivity contribution in [3.8, 4) is 0 Å². The van der Waals surface area contributed by atoms with Crippen LogP contribution in [0.4, 0.5) is 0 Å². The van der Waals surface area contributed by atoms with Gasteiger partial charge in [-0.3, -0.25) is 18.6 Å². The number of esters is 2. The Morgan fingerprint density at radius 1 is 0.545 bits per heavy atom. The first-order valence-corrected chi connectivity index (χ1v) is 23.1. The van der Waals surface area contributed by atoms with Gasteiger partial charge in [0.2, 0.25) is 0 Å². The molecule has 0 aromatic heterocycles. The number of aliphatic hydroxyl groups excluding tert-OH is 2. The molecule has 3 N–H and O–H groups in total. The predicted molar refractivity (Wildman–Crippen MR) is 224 cm³/mol. The molecule has 0 fully saturated rings. The van der Waals surface area contributed by atoms with E-state index in [1.54, 1.807) is 0 Å². The molecule has 0 saturated carbocycles. The molecule has 0 heterocycles. The van der Waals surface area contributed by atoms with Gasteiger partial charge in [0.25, 0.3) is 0 Å². The van der Waals surface area contributed by atoms with Crippen LogP contribution in [-0.2, 0) is 32.7 Å². The van der Waals surface area contributed by atoms with Gasteiger partial charge in [0, 0.05) is 12.8 Å². The van der Waals surface area contributed by atoms with Gasteiger partial charge in [0.15, 0.2) is 6.10 Å². The highest BCUT2D eigenvalue weighted by Crippen LogP contribution is 2.43. The molecule has 0 rings (SSSR count). The molecular weight excluding hydrogens is 719 g/mol. The minimum Gasteiger partial charge on any atom is -0.462 e. The molecule has 320 valence electrons. The summed E-state index contributed by atoms with van der Waals surface area (Å²) in [5.41, 5.74) is 0. The van der Waals surface area contributed by atoms with Gasteiger partial charge in [-0.25, -0.2) is 4.57 Å². The van der Waals surface area contributed by atoms with E-state index in [0.717, 1.165) is 44.9 Å². The van der Waals surface area contributed by atoms with Gasteiger partial charge in [-0.2, -0.15) is 0 Å². The summed E-state index contributed by atoms with van der Waals surface area (Å²) >= 11 is 0. The molecule has 0 aliphatic carbocycles. The normalized spacial score (nSPS) is 14.3. The first-order chi connectivity index (χ1) is 26.7. The molecule has 0 saturated heterocycles. The van der Waals surface area contributed by atoms with Crippen LogP contribution in [0, 0.1) is 0 Å². The highest BCUT2D eigenvalue weighted by molar-refractivity contribution is 7.47. The van der Waals surface area contributed by atoms with E-state index >= 15 is 0 Å². The number of hydrogen-bond acceptors (Lipinski definition) is 9. The summed E-state index contributed by atoms with van der Waals surface area (Å²) in [5, 5.41) is 18.3. The second-order valence-corrected chi connectivity index (χ2v) is 15.8. The van der Waals surface area contributed by atoms with Crippen molar-refractivity contribution >= 4 is 19.8 Å². The third kappa shape index (κ3) is 39.9. The molecule has 55 heavy (non-hydrogen) atoms. The van der Waals surface area contributed by atoms with Crippen molar-refractivity contribution in [1.82, 2.24) is 0 Å². The number of hydrogen-bond donors (Lipinski definition) is 3. The average molecular weight is 799 g/mol. The lowest BCUT2D eigenvalue weighted by Crippen LogP contribution is -2.29. The molecule has 10 nitrogen and oxygen atoms in total. The Hall–Kier alpha value is -2.07. The van der Waals surface area contributed by atoms with Crippen molar-refractivity contribution in [3.63, 3.8) is 0 Å². The van der Waals surface area contributed by atoms with Crippen molar-refractivity contribution in [2.24, 2.45) is 0 Å². The Kier molecular flexibility index (Phi) is 38.6. The fourth-order valence-electron chi connectivity index (χ4n) is 5.65. The second-order valence-electron chi connectivity index (χ2n) is 14.4. The fraction of sp³-hybridized carbons (Fsp3) is 0.773. The van der Waals surface area contributed by atoms with Crippen LogP contribution in [-0.4, -0.2) is 65.7 Å². The predicted octanol–water partition coefficient (Wildman–Crippen LogP) is 11.3. The van der Waals surface area contributed by atoms with Gasteiger partial charge in [-0.05, 0) is 44.9 Å². The third-order valence-corrected chi connectivity index (χ3v) is 9.95. The minimum absolute atomic E-state index is 0.0641. The Labute approximate surface area is 334 Å². The first-order valence-electron chi connectivity index (χ1n) is 21.6. The number of phosphoric ester groups is 1. The average Bonchev–Trinajstić information content (AvgIpc) is 3.17. The third-order valence-electron chi connectivity index (χ3n) is 9.00. The van der Waals surface area contributed by atoms with E-state index in [-0.39, 0.29) is 19.4 Å². The monoisotopic (exact) mass is 799 g/mol. The number of rotatable bonds is 40. The molecule has 0 aliphatic heterocycles. The van der Waals surface area contributed by atoms with Crippen LogP contribution in [0.15, 0.2) is 48.6 Å². The van der Waals surface area contributed by atoms with Crippen molar-refractivity contribution in [1.29, 1.82) is 0 Å². The summed E-state index contributed by atoms with van der Waals surface area (Å²) < 4.78 is 32.6. The van der Waals surface area contributed by atoms with Crippen LogP contribution in [0.1, 0.15) is 181 Å². The lowest BCUT2D eigenvalue weighted by atomic mass is 10.0. The summed E-state index contributed by atoms with van der Waals surface area (Å²) in [5.74, 6) is -1.02. The zero-order valence-corrected chi connectivity index (χ0v) is 35.5. The van der Waals surface area contributed by atoms with Crippen LogP contribution in [0.5, 0.6) is 0 Å². The molecule has 0 amide bonds. The number of carbonyl (C=O) groups is 2. The van der Waals surface area contributed by atoms with Crippen LogP contribution in [0.2, 0.25) is 0 Å². The summed E-state index contributed by atoms with van der Waals surface area (Å²) in [6.45, 7) is 2.29. The quantitative estimate of drug-likeness (QED) is 0.0237. The first kappa shape index (κ1) is 52.9. The number of carbonyl (C=O) groups excluding carboxylic acids is 2. The minimum atomic E-state index is -4.63. The van der Waals surface area contributed by atoms with Gasteiger partial charge >= 0.3 is 19.8 Å². The lowest BCUT2D eigenvalue weighted by Gasteiger charge is -2.20. The second kappa shape index (κ2) is 40.1. The highest BCUT2D eigenvalue weighted by atomic mass is 31.2. The molecule has 0 aromatic rings. The maximum atomic E-state index is 12.6. The maximum Gasteiger partial charge on any atom is 0.472 e. The van der Waals surface area contributed by atoms with Gasteiger partial charge in [-0.1, -0.05) is 172 Å². The van der Waals surface area contributed by atoms with Crippen molar-refractivity contribution < 1.29 is 47.8 Å². The molecular formula is C44H79O10P. The number of ether oxygens (including phenoxy) is 2. The summed E-state index contributed by atoms with van der Waals surface area (Å²) in [7, 11) is -4.63. The number of unbranched alkanes of at least 4 members (excludes halogenated alkanes) is 18. The standard InChI is InChI=1S/C44H79O10P/c1-3-5-7-9-11-13-15-17-19-20-22-24-26-28-30-32-34-36-44(48)54-42(40-53-55(49,50)52-38-41(46)37-45)39-51-43(47)35-33-31-29-27-25-23-21-18-16-14-12-10-8-6-4-2/h13,15,19-20,24,26,30,32,41-42,45-46H,3-12,14,16-18,21-23,25,27-29,31,33-40H2,1-2H3,(H,49,50). The van der Waals surface area contributed by atoms with E-state index in [9.17, 15) is 24.2 Å². The van der Waals surface area contributed by atoms with E-state index in [2.05, 4.69) is 54.8 Å². The topological polar surface area (TPSA) is 149 Å². The largest absolute Gasteiger partial charge is 0.472 e. The van der Waals surface area contributed by atoms with Crippen LogP contribution >= 0.6 is 7.82 Å². The van der Waals surface area contributed by atoms with E-state index in [4.69, 9.17) is 19.1 Å². The summed E-state index contributed by atoms with van der Waals surface area (Å²) in [4.78, 5) is 34.9. The molecule has 3 unspecified atom stereocenters. The Morgan fingerprint density at radius 3 is 1.49 bits per heavy atom. The number of allylic oxidation sites excluding steroid dienone is 8. The Morgan fingerprint density at radius 2 is 0.982 bits per heavy atom. The van der Waals surface area contributed by atoms with Crippen LogP contribution in [0.25, 0.3) is 0 Å². The van der Waals surface area contributed by atoms with E-state index in [0.29, 0.717) is 12.8 Å². The van der Waals surface area contributed by atoms with Crippen molar-refractivity contribution in [2.75, 3.05) is 26.4 Å². The molecule has 0 bridgehead atoms. The Balaban J connectivity index is 4.41. The van der Waals surface area contributed by atoms with Gasteiger partial charge in [-0.15, -0.1) is 0 Å². The summed E-state index contributed by atoms with van der Waals surface area (Å²) in [6.07, 6.45) is 42.3. The zero-order chi connectivity index (χ0) is 40.5. The van der Waals surface area contributed by atoms with E-state index in [1.807, 2.05) is 12.2 Å². The van der Waals surface area contributed by atoms with E-state index < -0.39 is 51.8 Å². The molecule has 0 spiro atoms. The van der Waals surface area contributed by atoms with Crippen LogP contribution < -0.4 is 0 Å². The van der Waals surface area contributed by atoms with Gasteiger partial charge in [0.05, 0.1) is 19.8 Å². The zero-order valence-electron chi connectivity index (χ0n) is 34.6. The molecule has 3 atom stereocenters. The smallest absolute Gasteiger partial charge is 0.462 e. The van der Waals surface area contributed by atoms with Crippen molar-refractivity contribution in [3.05, 3.63) is 48.6 Å². The van der Waals surface area contributed by atoms with E-state index in [1.165, 1.54) is 96.3 Å². The molecule has 11 heteroatoms. The van der Waals surface area contributed by atoms with Gasteiger partial charge < -0.3 is 24.6 Å². The molecule has 0 aromatic carbocycles. The number of aliphatic hydroxyl groups is 2. The Bertz CT molecular complexity index is 1060. The lowest BCUT2D eigenvalue weighted by molar-refractivity contribution is -0.161.